The topological polar surface area (TPSA) is 120 Å². The predicted octanol–water partition coefficient (Wildman–Crippen LogP) is -1.96. The van der Waals surface area contributed by atoms with E-state index in [1.54, 1.807) is 5.43 Å². The van der Waals surface area contributed by atoms with Crippen molar-refractivity contribution in [3.8, 4) is 0 Å². The van der Waals surface area contributed by atoms with Gasteiger partial charge in [0.2, 0.25) is 0 Å². The van der Waals surface area contributed by atoms with Gasteiger partial charge in [0.1, 0.15) is 0 Å². The largest absolute Gasteiger partial charge is 0.365 e. The number of nitrogens with zero attached hydrogens (tertiary/aromatic N) is 2. The molecule has 0 aromatic rings. The van der Waals surface area contributed by atoms with Crippen molar-refractivity contribution in [2.45, 2.75) is 0 Å². The van der Waals surface area contributed by atoms with Gasteiger partial charge >= 0.3 is 0 Å². The number of hydrogen-bond acceptors (Lipinski definition) is 4. The molecule has 0 unspecified atom stereocenters. The van der Waals surface area contributed by atoms with Crippen LogP contribution in [0, 0.1) is 10.1 Å². The minimum absolute atomic E-state index is 0.226. The molecule has 10 heavy (non-hydrogen) atoms. The summed E-state index contributed by atoms with van der Waals surface area (Å²) in [6.07, 6.45) is 0. The number of nitrogens with two attached hydrogens (primary N) is 2. The third-order valence-corrected chi connectivity index (χ3v) is 0.617. The predicted molar refractivity (Wildman–Crippen MR) is 35.7 cm³/mol. The fraction of sp³-hybridized carbons (Fsp3) is 0.667. The molecular weight excluding hydrogens is 138 g/mol. The highest BCUT2D eigenvalue weighted by Gasteiger charge is 1.95. The van der Waals surface area contributed by atoms with Crippen LogP contribution in [0.2, 0.25) is 0 Å². The van der Waals surface area contributed by atoms with Crippen LogP contribution >= 0.6 is 0 Å². The Hall–Kier alpha value is -1.37. The fourth-order valence-electron chi connectivity index (χ4n) is 0.314. The molecule has 7 nitrogen and oxygen atoms in total. The standard InChI is InChI=1S/C3H9N5O2/c4-1-2-6-3(5)7-8(9)10/h1-2,4H2,(H3,5,6,7). The normalized spacial score (nSPS) is 11.1. The van der Waals surface area contributed by atoms with Gasteiger partial charge in [0.25, 0.3) is 5.96 Å². The number of hydrogen-bond donors (Lipinski definition) is 3. The van der Waals surface area contributed by atoms with Crippen LogP contribution in [-0.4, -0.2) is 24.1 Å². The zero-order chi connectivity index (χ0) is 7.98. The number of nitrogens with one attached hydrogen (secondary N) is 1. The van der Waals surface area contributed by atoms with Crippen molar-refractivity contribution in [1.82, 2.24) is 5.43 Å². The summed E-state index contributed by atoms with van der Waals surface area (Å²) in [5.74, 6) is -0.226. The first-order valence-corrected chi connectivity index (χ1v) is 2.58. The maximum atomic E-state index is 9.68. The van der Waals surface area contributed by atoms with Crippen molar-refractivity contribution in [2.24, 2.45) is 16.5 Å². The molecule has 0 bridgehead atoms. The van der Waals surface area contributed by atoms with Crippen molar-refractivity contribution in [3.63, 3.8) is 0 Å². The molecule has 0 atom stereocenters. The summed E-state index contributed by atoms with van der Waals surface area (Å²) in [5, 5.41) is 8.89. The Morgan fingerprint density at radius 1 is 1.80 bits per heavy atom. The number of guanidine groups is 1. The van der Waals surface area contributed by atoms with Crippen molar-refractivity contribution in [2.75, 3.05) is 13.1 Å². The highest BCUT2D eigenvalue weighted by Crippen LogP contribution is 1.65. The van der Waals surface area contributed by atoms with Crippen LogP contribution in [0.4, 0.5) is 0 Å². The van der Waals surface area contributed by atoms with Gasteiger partial charge < -0.3 is 11.5 Å². The molecule has 58 valence electrons. The van der Waals surface area contributed by atoms with Gasteiger partial charge in [-0.3, -0.25) is 0 Å². The third kappa shape index (κ3) is 4.78. The molecule has 0 saturated carbocycles. The summed E-state index contributed by atoms with van der Waals surface area (Å²) in [5.41, 5.74) is 11.7. The molecule has 0 fully saturated rings. The highest BCUT2D eigenvalue weighted by atomic mass is 16.7. The summed E-state index contributed by atoms with van der Waals surface area (Å²) >= 11 is 0. The molecule has 0 aliphatic heterocycles. The quantitative estimate of drug-likeness (QED) is 0.185. The molecule has 0 aromatic heterocycles. The molecule has 0 spiro atoms. The lowest BCUT2D eigenvalue weighted by atomic mass is 10.7. The maximum Gasteiger partial charge on any atom is 0.251 e. The van der Waals surface area contributed by atoms with E-state index >= 15 is 0 Å². The molecule has 5 N–H and O–H groups in total. The molecular formula is C3H9N5O2. The van der Waals surface area contributed by atoms with Crippen molar-refractivity contribution in [3.05, 3.63) is 10.1 Å². The lowest BCUT2D eigenvalue weighted by molar-refractivity contribution is -0.525. The summed E-state index contributed by atoms with van der Waals surface area (Å²) < 4.78 is 0. The molecule has 7 heteroatoms. The average molecular weight is 147 g/mol. The summed E-state index contributed by atoms with van der Waals surface area (Å²) in [6, 6.07) is 0. The summed E-state index contributed by atoms with van der Waals surface area (Å²) in [7, 11) is 0. The van der Waals surface area contributed by atoms with Gasteiger partial charge in [0.05, 0.1) is 6.54 Å². The average Bonchev–Trinajstić information content (AvgIpc) is 1.82. The Morgan fingerprint density at radius 3 is 2.80 bits per heavy atom. The minimum Gasteiger partial charge on any atom is -0.365 e. The monoisotopic (exact) mass is 147 g/mol. The lowest BCUT2D eigenvalue weighted by Gasteiger charge is -1.93. The van der Waals surface area contributed by atoms with E-state index in [4.69, 9.17) is 11.5 Å². The lowest BCUT2D eigenvalue weighted by Crippen LogP contribution is -2.36. The van der Waals surface area contributed by atoms with E-state index in [0.29, 0.717) is 6.54 Å². The first-order valence-electron chi connectivity index (χ1n) is 2.58. The van der Waals surface area contributed by atoms with Gasteiger partial charge in [-0.25, -0.2) is 15.1 Å². The third-order valence-electron chi connectivity index (χ3n) is 0.617. The van der Waals surface area contributed by atoms with Crippen LogP contribution in [0.1, 0.15) is 0 Å². The van der Waals surface area contributed by atoms with E-state index in [9.17, 15) is 10.1 Å². The Bertz CT molecular complexity index is 144. The molecule has 0 heterocycles. The second kappa shape index (κ2) is 4.50. The fourth-order valence-corrected chi connectivity index (χ4v) is 0.314. The smallest absolute Gasteiger partial charge is 0.251 e. The van der Waals surface area contributed by atoms with E-state index in [-0.39, 0.29) is 12.5 Å². The van der Waals surface area contributed by atoms with Crippen LogP contribution in [0.15, 0.2) is 4.99 Å². The molecule has 0 rings (SSSR count). The van der Waals surface area contributed by atoms with Crippen LogP contribution < -0.4 is 16.9 Å². The van der Waals surface area contributed by atoms with Crippen LogP contribution in [0.3, 0.4) is 0 Å². The number of nitro groups is 1. The number of aliphatic imine (C=N–C) groups is 1. The SMILES string of the molecule is NCCN=C(N)N[N+](=O)[O-]. The molecule has 0 saturated heterocycles. The molecule has 0 radical (unpaired) electrons. The van der Waals surface area contributed by atoms with Crippen molar-refractivity contribution >= 4 is 5.96 Å². The Morgan fingerprint density at radius 2 is 2.40 bits per heavy atom. The van der Waals surface area contributed by atoms with Crippen molar-refractivity contribution < 1.29 is 5.03 Å². The van der Waals surface area contributed by atoms with Gasteiger partial charge in [-0.2, -0.15) is 0 Å². The first kappa shape index (κ1) is 8.63. The van der Waals surface area contributed by atoms with Gasteiger partial charge in [0, 0.05) is 6.54 Å². The van der Waals surface area contributed by atoms with E-state index in [1.165, 1.54) is 0 Å². The molecule has 0 aromatic carbocycles. The summed E-state index contributed by atoms with van der Waals surface area (Å²) in [4.78, 5) is 13.2. The Labute approximate surface area is 57.2 Å². The zero-order valence-corrected chi connectivity index (χ0v) is 5.28. The zero-order valence-electron chi connectivity index (χ0n) is 5.28. The number of rotatable bonds is 3. The van der Waals surface area contributed by atoms with Crippen LogP contribution in [0.25, 0.3) is 0 Å². The number of hydrazine groups is 1. The van der Waals surface area contributed by atoms with Gasteiger partial charge in [-0.05, 0) is 0 Å². The van der Waals surface area contributed by atoms with E-state index in [0.717, 1.165) is 0 Å². The van der Waals surface area contributed by atoms with Crippen LogP contribution in [-0.2, 0) is 0 Å². The molecule has 0 aliphatic rings. The van der Waals surface area contributed by atoms with Crippen LogP contribution in [0.5, 0.6) is 0 Å². The van der Waals surface area contributed by atoms with E-state index < -0.39 is 5.03 Å². The molecule has 0 amide bonds. The highest BCUT2D eigenvalue weighted by molar-refractivity contribution is 5.76. The second-order valence-corrected chi connectivity index (χ2v) is 1.42. The first-order chi connectivity index (χ1) is 4.66. The summed E-state index contributed by atoms with van der Waals surface area (Å²) in [6.45, 7) is 0.604. The van der Waals surface area contributed by atoms with Gasteiger partial charge in [0.15, 0.2) is 5.03 Å². The van der Waals surface area contributed by atoms with Crippen molar-refractivity contribution in [1.29, 1.82) is 0 Å². The Balaban J connectivity index is 3.59. The van der Waals surface area contributed by atoms with E-state index in [2.05, 4.69) is 4.99 Å². The Kier molecular flexibility index (Phi) is 3.89. The maximum absolute atomic E-state index is 9.68. The van der Waals surface area contributed by atoms with Gasteiger partial charge in [-0.1, -0.05) is 5.43 Å². The second-order valence-electron chi connectivity index (χ2n) is 1.42. The van der Waals surface area contributed by atoms with E-state index in [1.807, 2.05) is 0 Å². The molecule has 0 aliphatic carbocycles. The minimum atomic E-state index is -0.782. The van der Waals surface area contributed by atoms with Gasteiger partial charge in [-0.15, -0.1) is 0 Å².